The van der Waals surface area contributed by atoms with Gasteiger partial charge >= 0.3 is 6.03 Å². The summed E-state index contributed by atoms with van der Waals surface area (Å²) >= 11 is 0. The zero-order valence-electron chi connectivity index (χ0n) is 13.4. The molecule has 7 heteroatoms. The number of rotatable bonds is 4. The number of anilines is 1. The average molecular weight is 346 g/mol. The van der Waals surface area contributed by atoms with E-state index in [-0.39, 0.29) is 12.1 Å². The van der Waals surface area contributed by atoms with Crippen LogP contribution in [0.4, 0.5) is 19.3 Å². The highest BCUT2D eigenvalue weighted by molar-refractivity contribution is 6.14. The molecule has 2 aromatic carbocycles. The third-order valence-corrected chi connectivity index (χ3v) is 4.14. The van der Waals surface area contributed by atoms with Crippen LogP contribution >= 0.6 is 0 Å². The van der Waals surface area contributed by atoms with Crippen molar-refractivity contribution in [1.82, 2.24) is 4.90 Å². The lowest BCUT2D eigenvalue weighted by atomic mass is 10.1. The molecule has 0 aliphatic carbocycles. The van der Waals surface area contributed by atoms with Crippen LogP contribution in [0.15, 0.2) is 48.5 Å². The van der Waals surface area contributed by atoms with Crippen molar-refractivity contribution in [2.45, 2.75) is 19.1 Å². The second-order valence-corrected chi connectivity index (χ2v) is 5.82. The summed E-state index contributed by atoms with van der Waals surface area (Å²) in [4.78, 5) is 27.2. The first-order valence-electron chi connectivity index (χ1n) is 7.72. The number of hydrogen-bond acceptors (Lipinski definition) is 3. The Bertz CT molecular complexity index is 810. The van der Waals surface area contributed by atoms with Crippen molar-refractivity contribution in [3.63, 3.8) is 0 Å². The van der Waals surface area contributed by atoms with E-state index in [1.807, 2.05) is 0 Å². The third-order valence-electron chi connectivity index (χ3n) is 4.14. The van der Waals surface area contributed by atoms with Gasteiger partial charge in [-0.25, -0.2) is 13.6 Å². The summed E-state index contributed by atoms with van der Waals surface area (Å²) < 4.78 is 26.3. The number of urea groups is 1. The monoisotopic (exact) mass is 346 g/mol. The van der Waals surface area contributed by atoms with E-state index in [2.05, 4.69) is 0 Å². The van der Waals surface area contributed by atoms with Crippen LogP contribution in [0.25, 0.3) is 0 Å². The van der Waals surface area contributed by atoms with Gasteiger partial charge in [0.1, 0.15) is 17.7 Å². The van der Waals surface area contributed by atoms with Crippen LogP contribution in [-0.2, 0) is 4.79 Å². The Kier molecular flexibility index (Phi) is 4.50. The van der Waals surface area contributed by atoms with Gasteiger partial charge in [0, 0.05) is 5.69 Å². The fourth-order valence-corrected chi connectivity index (χ4v) is 2.82. The lowest BCUT2D eigenvalue weighted by Crippen LogP contribution is -2.36. The van der Waals surface area contributed by atoms with Crippen molar-refractivity contribution in [3.8, 4) is 0 Å². The first kappa shape index (κ1) is 17.0. The summed E-state index contributed by atoms with van der Waals surface area (Å²) in [5.74, 6) is -1.45. The molecule has 25 heavy (non-hydrogen) atoms. The number of amides is 3. The van der Waals surface area contributed by atoms with Crippen molar-refractivity contribution < 1.29 is 23.5 Å². The van der Waals surface area contributed by atoms with E-state index in [0.29, 0.717) is 5.69 Å². The zero-order chi connectivity index (χ0) is 18.1. The molecule has 0 bridgehead atoms. The van der Waals surface area contributed by atoms with E-state index >= 15 is 0 Å². The Morgan fingerprint density at radius 1 is 1.08 bits per heavy atom. The molecule has 1 saturated heterocycles. The number of hydrogen-bond donors (Lipinski definition) is 1. The molecule has 3 amide bonds. The fourth-order valence-electron chi connectivity index (χ4n) is 2.82. The van der Waals surface area contributed by atoms with Crippen molar-refractivity contribution in [3.05, 3.63) is 65.7 Å². The molecule has 2 atom stereocenters. The molecular weight excluding hydrogens is 330 g/mol. The minimum absolute atomic E-state index is 0.272. The van der Waals surface area contributed by atoms with E-state index in [4.69, 9.17) is 0 Å². The average Bonchev–Trinajstić information content (AvgIpc) is 2.79. The van der Waals surface area contributed by atoms with E-state index in [9.17, 15) is 23.5 Å². The molecule has 0 unspecified atom stereocenters. The van der Waals surface area contributed by atoms with Gasteiger partial charge in [0.25, 0.3) is 5.91 Å². The van der Waals surface area contributed by atoms with Gasteiger partial charge in [0.05, 0.1) is 12.6 Å². The Morgan fingerprint density at radius 3 is 2.40 bits per heavy atom. The molecule has 1 aliphatic heterocycles. The number of aliphatic hydroxyl groups is 1. The molecule has 1 N–H and O–H groups in total. The van der Waals surface area contributed by atoms with Crippen LogP contribution in [0.3, 0.4) is 0 Å². The van der Waals surface area contributed by atoms with Crippen molar-refractivity contribution in [1.29, 1.82) is 0 Å². The van der Waals surface area contributed by atoms with Gasteiger partial charge < -0.3 is 5.11 Å². The predicted molar refractivity (Wildman–Crippen MR) is 86.8 cm³/mol. The number of nitrogens with zero attached hydrogens (tertiary/aromatic N) is 2. The third kappa shape index (κ3) is 3.23. The summed E-state index contributed by atoms with van der Waals surface area (Å²) in [6, 6.07) is 9.16. The molecule has 5 nitrogen and oxygen atoms in total. The maximum absolute atomic E-state index is 13.3. The summed E-state index contributed by atoms with van der Waals surface area (Å²) in [7, 11) is 0. The molecule has 1 heterocycles. The van der Waals surface area contributed by atoms with Crippen LogP contribution < -0.4 is 4.90 Å². The fraction of sp³-hybridized carbons (Fsp3) is 0.222. The molecule has 3 rings (SSSR count). The number of carbonyl (C=O) groups is 2. The molecule has 130 valence electrons. The first-order valence-corrected chi connectivity index (χ1v) is 7.72. The van der Waals surface area contributed by atoms with Gasteiger partial charge in [-0.05, 0) is 48.9 Å². The number of imide groups is 1. The van der Waals surface area contributed by atoms with Crippen LogP contribution in [0.5, 0.6) is 0 Å². The van der Waals surface area contributed by atoms with Gasteiger partial charge in [-0.2, -0.15) is 0 Å². The van der Waals surface area contributed by atoms with Crippen molar-refractivity contribution in [2.24, 2.45) is 0 Å². The van der Waals surface area contributed by atoms with E-state index < -0.39 is 35.7 Å². The normalized spacial score (nSPS) is 18.8. The Hall–Kier alpha value is -2.80. The maximum Gasteiger partial charge on any atom is 0.332 e. The van der Waals surface area contributed by atoms with E-state index in [1.54, 1.807) is 6.92 Å². The standard InChI is InChI=1S/C18H16F2N2O3/c1-11-17(24)21(10-16(23)12-3-2-4-14(20)9-12)18(25)22(11)15-7-5-13(19)6-8-15/h2-9,11,16,23H,10H2,1H3/t11-,16+/m0/s1. The van der Waals surface area contributed by atoms with Gasteiger partial charge in [0.15, 0.2) is 0 Å². The summed E-state index contributed by atoms with van der Waals surface area (Å²) in [6.45, 7) is 1.27. The number of halogens is 2. The van der Waals surface area contributed by atoms with Crippen LogP contribution in [0, 0.1) is 11.6 Å². The van der Waals surface area contributed by atoms with Gasteiger partial charge in [-0.3, -0.25) is 14.6 Å². The summed E-state index contributed by atoms with van der Waals surface area (Å²) in [5, 5.41) is 10.2. The molecule has 0 radical (unpaired) electrons. The van der Waals surface area contributed by atoms with E-state index in [1.165, 1.54) is 47.4 Å². The number of carbonyl (C=O) groups excluding carboxylic acids is 2. The lowest BCUT2D eigenvalue weighted by molar-refractivity contribution is -0.127. The van der Waals surface area contributed by atoms with Crippen molar-refractivity contribution >= 4 is 17.6 Å². The Balaban J connectivity index is 1.81. The molecular formula is C18H16F2N2O3. The largest absolute Gasteiger partial charge is 0.387 e. The number of β-amino-alcohol motifs (C(OH)–C–C–N with tert-alkyl or cyclic N) is 1. The summed E-state index contributed by atoms with van der Waals surface area (Å²) in [5.41, 5.74) is 0.656. The van der Waals surface area contributed by atoms with Gasteiger partial charge in [-0.15, -0.1) is 0 Å². The van der Waals surface area contributed by atoms with Crippen LogP contribution in [0.2, 0.25) is 0 Å². The van der Waals surface area contributed by atoms with E-state index in [0.717, 1.165) is 11.0 Å². The zero-order valence-corrected chi connectivity index (χ0v) is 13.4. The first-order chi connectivity index (χ1) is 11.9. The second kappa shape index (κ2) is 6.60. The highest BCUT2D eigenvalue weighted by atomic mass is 19.1. The lowest BCUT2D eigenvalue weighted by Gasteiger charge is -2.20. The van der Waals surface area contributed by atoms with Gasteiger partial charge in [-0.1, -0.05) is 12.1 Å². The minimum Gasteiger partial charge on any atom is -0.387 e. The quantitative estimate of drug-likeness (QED) is 0.866. The topological polar surface area (TPSA) is 60.9 Å². The molecule has 2 aromatic rings. The molecule has 0 saturated carbocycles. The molecule has 1 fully saturated rings. The smallest absolute Gasteiger partial charge is 0.332 e. The Labute approximate surface area is 143 Å². The molecule has 0 spiro atoms. The number of aliphatic hydroxyl groups excluding tert-OH is 1. The SMILES string of the molecule is C[C@H]1C(=O)N(C[C@@H](O)c2cccc(F)c2)C(=O)N1c1ccc(F)cc1. The predicted octanol–water partition coefficient (Wildman–Crippen LogP) is 2.86. The molecule has 1 aliphatic rings. The second-order valence-electron chi connectivity index (χ2n) is 5.82. The van der Waals surface area contributed by atoms with Gasteiger partial charge in [0.2, 0.25) is 0 Å². The minimum atomic E-state index is -1.20. The Morgan fingerprint density at radius 2 is 1.76 bits per heavy atom. The summed E-state index contributed by atoms with van der Waals surface area (Å²) in [6.07, 6.45) is -1.20. The van der Waals surface area contributed by atoms with Crippen LogP contribution in [0.1, 0.15) is 18.6 Å². The van der Waals surface area contributed by atoms with Crippen molar-refractivity contribution in [2.75, 3.05) is 11.4 Å². The van der Waals surface area contributed by atoms with Crippen LogP contribution in [-0.4, -0.2) is 34.5 Å². The number of benzene rings is 2. The highest BCUT2D eigenvalue weighted by Crippen LogP contribution is 2.27. The molecule has 0 aromatic heterocycles. The maximum atomic E-state index is 13.3. The highest BCUT2D eigenvalue weighted by Gasteiger charge is 2.44.